The van der Waals surface area contributed by atoms with Gasteiger partial charge in [0.25, 0.3) is 0 Å². The molecule has 2 aromatic rings. The molecule has 0 unspecified atom stereocenters. The highest BCUT2D eigenvalue weighted by atomic mass is 15.2. The van der Waals surface area contributed by atoms with Gasteiger partial charge in [0.05, 0.1) is 6.33 Å². The third-order valence-corrected chi connectivity index (χ3v) is 5.07. The Labute approximate surface area is 119 Å². The lowest BCUT2D eigenvalue weighted by Crippen LogP contribution is -2.40. The summed E-state index contributed by atoms with van der Waals surface area (Å²) < 4.78 is 2.29. The molecule has 0 atom stereocenters. The van der Waals surface area contributed by atoms with E-state index < -0.39 is 0 Å². The van der Waals surface area contributed by atoms with Crippen molar-refractivity contribution in [3.63, 3.8) is 0 Å². The minimum absolute atomic E-state index is 0.576. The van der Waals surface area contributed by atoms with E-state index in [1.54, 1.807) is 0 Å². The standard InChI is InChI=1S/C16H22N4/c1-2-5-13(4-1)19-10-7-14(8-11-19)20-12-18-15-6-3-9-17-16(15)20/h3,6,9,12-14H,1-2,4-5,7-8,10-11H2. The van der Waals surface area contributed by atoms with Gasteiger partial charge >= 0.3 is 0 Å². The van der Waals surface area contributed by atoms with Gasteiger partial charge in [-0.2, -0.15) is 0 Å². The van der Waals surface area contributed by atoms with Crippen molar-refractivity contribution in [2.24, 2.45) is 0 Å². The van der Waals surface area contributed by atoms with Crippen LogP contribution in [0.15, 0.2) is 24.7 Å². The summed E-state index contributed by atoms with van der Waals surface area (Å²) in [6.45, 7) is 2.48. The second-order valence-corrected chi connectivity index (χ2v) is 6.20. The minimum Gasteiger partial charge on any atom is -0.312 e. The smallest absolute Gasteiger partial charge is 0.160 e. The quantitative estimate of drug-likeness (QED) is 0.841. The topological polar surface area (TPSA) is 34.0 Å². The van der Waals surface area contributed by atoms with Crippen LogP contribution in [0.3, 0.4) is 0 Å². The Hall–Kier alpha value is -1.42. The van der Waals surface area contributed by atoms with Gasteiger partial charge in [-0.15, -0.1) is 0 Å². The molecule has 20 heavy (non-hydrogen) atoms. The second-order valence-electron chi connectivity index (χ2n) is 6.20. The molecule has 106 valence electrons. The van der Waals surface area contributed by atoms with Gasteiger partial charge in [0.2, 0.25) is 0 Å². The van der Waals surface area contributed by atoms with Crippen molar-refractivity contribution in [1.29, 1.82) is 0 Å². The van der Waals surface area contributed by atoms with Crippen molar-refractivity contribution >= 4 is 11.2 Å². The van der Waals surface area contributed by atoms with Crippen molar-refractivity contribution in [3.05, 3.63) is 24.7 Å². The highest BCUT2D eigenvalue weighted by Crippen LogP contribution is 2.30. The van der Waals surface area contributed by atoms with Crippen molar-refractivity contribution < 1.29 is 0 Å². The van der Waals surface area contributed by atoms with Gasteiger partial charge in [-0.25, -0.2) is 9.97 Å². The molecule has 1 aliphatic heterocycles. The summed E-state index contributed by atoms with van der Waals surface area (Å²) in [5, 5.41) is 0. The number of hydrogen-bond donors (Lipinski definition) is 0. The first-order valence-corrected chi connectivity index (χ1v) is 7.93. The summed E-state index contributed by atoms with van der Waals surface area (Å²) in [7, 11) is 0. The fourth-order valence-electron chi connectivity index (χ4n) is 3.93. The van der Waals surface area contributed by atoms with Crippen LogP contribution in [0.4, 0.5) is 0 Å². The maximum absolute atomic E-state index is 4.50. The SMILES string of the molecule is c1cnc2c(c1)ncn2C1CCN(C2CCCC2)CC1. The number of nitrogens with zero attached hydrogens (tertiary/aromatic N) is 4. The number of rotatable bonds is 2. The Bertz CT molecular complexity index is 577. The van der Waals surface area contributed by atoms with E-state index in [0.29, 0.717) is 6.04 Å². The number of likely N-dealkylation sites (tertiary alicyclic amines) is 1. The van der Waals surface area contributed by atoms with Crippen LogP contribution in [0, 0.1) is 0 Å². The molecule has 4 rings (SSSR count). The first-order chi connectivity index (χ1) is 9.92. The summed E-state index contributed by atoms with van der Waals surface area (Å²) in [5.41, 5.74) is 2.07. The van der Waals surface area contributed by atoms with Crippen molar-refractivity contribution in [2.75, 3.05) is 13.1 Å². The molecule has 0 radical (unpaired) electrons. The van der Waals surface area contributed by atoms with E-state index in [9.17, 15) is 0 Å². The zero-order chi connectivity index (χ0) is 13.4. The Kier molecular flexibility index (Phi) is 3.19. The lowest BCUT2D eigenvalue weighted by Gasteiger charge is -2.36. The lowest BCUT2D eigenvalue weighted by atomic mass is 10.0. The number of aromatic nitrogens is 3. The fourth-order valence-corrected chi connectivity index (χ4v) is 3.93. The van der Waals surface area contributed by atoms with Crippen LogP contribution in [-0.4, -0.2) is 38.6 Å². The Morgan fingerprint density at radius 1 is 0.950 bits per heavy atom. The summed E-state index contributed by atoms with van der Waals surface area (Å²) in [5.74, 6) is 0. The lowest BCUT2D eigenvalue weighted by molar-refractivity contribution is 0.137. The molecule has 4 nitrogen and oxygen atoms in total. The van der Waals surface area contributed by atoms with Gasteiger partial charge in [0, 0.05) is 31.4 Å². The van der Waals surface area contributed by atoms with Gasteiger partial charge in [-0.3, -0.25) is 0 Å². The molecule has 0 amide bonds. The van der Waals surface area contributed by atoms with E-state index in [2.05, 4.69) is 19.4 Å². The van der Waals surface area contributed by atoms with Gasteiger partial charge < -0.3 is 9.47 Å². The molecule has 1 saturated heterocycles. The van der Waals surface area contributed by atoms with E-state index in [1.807, 2.05) is 24.7 Å². The largest absolute Gasteiger partial charge is 0.312 e. The summed E-state index contributed by atoms with van der Waals surface area (Å²) in [4.78, 5) is 11.7. The third-order valence-electron chi connectivity index (χ3n) is 5.07. The number of pyridine rings is 1. The Morgan fingerprint density at radius 2 is 1.75 bits per heavy atom. The van der Waals surface area contributed by atoms with Crippen LogP contribution in [0.1, 0.15) is 44.6 Å². The first kappa shape index (κ1) is 12.3. The predicted octanol–water partition coefficient (Wildman–Crippen LogP) is 3.01. The molecule has 3 heterocycles. The maximum Gasteiger partial charge on any atom is 0.160 e. The zero-order valence-electron chi connectivity index (χ0n) is 11.9. The molecule has 2 aromatic heterocycles. The van der Waals surface area contributed by atoms with Crippen LogP contribution in [0.5, 0.6) is 0 Å². The van der Waals surface area contributed by atoms with E-state index in [-0.39, 0.29) is 0 Å². The van der Waals surface area contributed by atoms with Crippen LogP contribution in [0.25, 0.3) is 11.2 Å². The van der Waals surface area contributed by atoms with E-state index >= 15 is 0 Å². The predicted molar refractivity (Wildman–Crippen MR) is 79.6 cm³/mol. The molecular weight excluding hydrogens is 248 g/mol. The Morgan fingerprint density at radius 3 is 2.55 bits per heavy atom. The number of imidazole rings is 1. The highest BCUT2D eigenvalue weighted by molar-refractivity contribution is 5.70. The minimum atomic E-state index is 0.576. The van der Waals surface area contributed by atoms with Gasteiger partial charge in [0.15, 0.2) is 5.65 Å². The number of piperidine rings is 1. The molecule has 2 aliphatic rings. The maximum atomic E-state index is 4.50. The molecule has 0 bridgehead atoms. The molecule has 0 N–H and O–H groups in total. The number of hydrogen-bond acceptors (Lipinski definition) is 3. The van der Waals surface area contributed by atoms with Crippen molar-refractivity contribution in [3.8, 4) is 0 Å². The van der Waals surface area contributed by atoms with Crippen LogP contribution in [-0.2, 0) is 0 Å². The first-order valence-electron chi connectivity index (χ1n) is 7.93. The van der Waals surface area contributed by atoms with Crippen LogP contribution < -0.4 is 0 Å². The normalized spacial score (nSPS) is 22.8. The monoisotopic (exact) mass is 270 g/mol. The highest BCUT2D eigenvalue weighted by Gasteiger charge is 2.28. The van der Waals surface area contributed by atoms with Gasteiger partial charge in [-0.1, -0.05) is 12.8 Å². The average molecular weight is 270 g/mol. The Balaban J connectivity index is 1.48. The van der Waals surface area contributed by atoms with E-state index in [0.717, 1.165) is 17.2 Å². The van der Waals surface area contributed by atoms with E-state index in [1.165, 1.54) is 51.6 Å². The summed E-state index contributed by atoms with van der Waals surface area (Å²) in [6, 6.07) is 5.45. The summed E-state index contributed by atoms with van der Waals surface area (Å²) in [6.07, 6.45) is 12.0. The molecule has 2 fully saturated rings. The third kappa shape index (κ3) is 2.12. The average Bonchev–Trinajstić information content (AvgIpc) is 3.17. The van der Waals surface area contributed by atoms with Crippen LogP contribution in [0.2, 0.25) is 0 Å². The van der Waals surface area contributed by atoms with E-state index in [4.69, 9.17) is 0 Å². The molecule has 0 aromatic carbocycles. The molecule has 1 saturated carbocycles. The molecule has 1 aliphatic carbocycles. The second kappa shape index (κ2) is 5.17. The van der Waals surface area contributed by atoms with Crippen molar-refractivity contribution in [1.82, 2.24) is 19.4 Å². The molecule has 4 heteroatoms. The van der Waals surface area contributed by atoms with Gasteiger partial charge in [0.1, 0.15) is 5.52 Å². The fraction of sp³-hybridized carbons (Fsp3) is 0.625. The van der Waals surface area contributed by atoms with Gasteiger partial charge in [-0.05, 0) is 37.8 Å². The number of fused-ring (bicyclic) bond motifs is 1. The van der Waals surface area contributed by atoms with Crippen molar-refractivity contribution in [2.45, 2.75) is 50.6 Å². The summed E-state index contributed by atoms with van der Waals surface area (Å²) >= 11 is 0. The van der Waals surface area contributed by atoms with Crippen LogP contribution >= 0.6 is 0 Å². The molecule has 0 spiro atoms. The zero-order valence-corrected chi connectivity index (χ0v) is 11.9. The molecular formula is C16H22N4.